The molecule has 1 aromatic carbocycles. The normalized spacial score (nSPS) is 17.2. The van der Waals surface area contributed by atoms with Gasteiger partial charge in [0.05, 0.1) is 5.41 Å². The van der Waals surface area contributed by atoms with Crippen molar-refractivity contribution >= 4 is 17.5 Å². The Morgan fingerprint density at radius 3 is 2.47 bits per heavy atom. The Hall–Kier alpha value is -1.02. The fourth-order valence-corrected chi connectivity index (χ4v) is 2.00. The lowest BCUT2D eigenvalue weighted by Gasteiger charge is -2.14. The first-order valence-electron chi connectivity index (χ1n) is 5.23. The Morgan fingerprint density at radius 1 is 1.40 bits per heavy atom. The first kappa shape index (κ1) is 10.5. The summed E-state index contributed by atoms with van der Waals surface area (Å²) in [7, 11) is 0. The van der Waals surface area contributed by atoms with E-state index in [1.54, 1.807) is 0 Å². The van der Waals surface area contributed by atoms with Crippen LogP contribution in [0.25, 0.3) is 0 Å². The van der Waals surface area contributed by atoms with Crippen LogP contribution in [0, 0.1) is 0 Å². The molecule has 1 N–H and O–H groups in total. The van der Waals surface area contributed by atoms with E-state index in [4.69, 9.17) is 11.6 Å². The highest BCUT2D eigenvalue weighted by Gasteiger charge is 2.50. The van der Waals surface area contributed by atoms with Gasteiger partial charge in [-0.3, -0.25) is 4.79 Å². The van der Waals surface area contributed by atoms with E-state index < -0.39 is 0 Å². The van der Waals surface area contributed by atoms with E-state index in [9.17, 15) is 4.79 Å². The van der Waals surface area contributed by atoms with Crippen LogP contribution in [-0.2, 0) is 10.2 Å². The highest BCUT2D eigenvalue weighted by Crippen LogP contribution is 2.48. The minimum absolute atomic E-state index is 0.146. The summed E-state index contributed by atoms with van der Waals surface area (Å²) in [4.78, 5) is 11.9. The lowest BCUT2D eigenvalue weighted by molar-refractivity contribution is -0.123. The number of rotatable bonds is 3. The highest BCUT2D eigenvalue weighted by atomic mass is 35.5. The van der Waals surface area contributed by atoms with Gasteiger partial charge in [0.1, 0.15) is 0 Å². The van der Waals surface area contributed by atoms with Crippen molar-refractivity contribution in [2.24, 2.45) is 0 Å². The molecule has 0 spiro atoms. The number of benzene rings is 1. The van der Waals surface area contributed by atoms with Crippen LogP contribution in [0.3, 0.4) is 0 Å². The molecule has 1 aliphatic carbocycles. The maximum absolute atomic E-state index is 11.9. The summed E-state index contributed by atoms with van der Waals surface area (Å²) in [6.07, 6.45) is 1.89. The van der Waals surface area contributed by atoms with Crippen molar-refractivity contribution in [2.45, 2.75) is 25.2 Å². The van der Waals surface area contributed by atoms with Gasteiger partial charge in [0, 0.05) is 11.6 Å². The van der Waals surface area contributed by atoms with Crippen molar-refractivity contribution in [1.29, 1.82) is 0 Å². The van der Waals surface area contributed by atoms with E-state index in [1.165, 1.54) is 0 Å². The van der Waals surface area contributed by atoms with Gasteiger partial charge >= 0.3 is 0 Å². The van der Waals surface area contributed by atoms with Gasteiger partial charge in [-0.25, -0.2) is 0 Å². The Balaban J connectivity index is 2.22. The van der Waals surface area contributed by atoms with E-state index in [1.807, 2.05) is 31.2 Å². The summed E-state index contributed by atoms with van der Waals surface area (Å²) in [5.74, 6) is 0.146. The fourth-order valence-electron chi connectivity index (χ4n) is 1.87. The number of amides is 1. The summed E-state index contributed by atoms with van der Waals surface area (Å²) in [5, 5.41) is 3.60. The Kier molecular flexibility index (Phi) is 2.70. The summed E-state index contributed by atoms with van der Waals surface area (Å²) in [6, 6.07) is 7.58. The number of hydrogen-bond acceptors (Lipinski definition) is 1. The van der Waals surface area contributed by atoms with Crippen LogP contribution in [0.1, 0.15) is 25.3 Å². The monoisotopic (exact) mass is 223 g/mol. The quantitative estimate of drug-likeness (QED) is 0.838. The second kappa shape index (κ2) is 3.86. The summed E-state index contributed by atoms with van der Waals surface area (Å²) < 4.78 is 0. The third-order valence-electron chi connectivity index (χ3n) is 2.92. The topological polar surface area (TPSA) is 29.1 Å². The minimum Gasteiger partial charge on any atom is -0.356 e. The molecule has 2 rings (SSSR count). The molecular formula is C12H14ClNO. The van der Waals surface area contributed by atoms with Crippen LogP contribution in [0.15, 0.2) is 24.3 Å². The van der Waals surface area contributed by atoms with Crippen LogP contribution in [-0.4, -0.2) is 12.5 Å². The highest BCUT2D eigenvalue weighted by molar-refractivity contribution is 6.30. The van der Waals surface area contributed by atoms with Crippen LogP contribution in [0.2, 0.25) is 5.02 Å². The van der Waals surface area contributed by atoms with E-state index in [0.717, 1.165) is 18.4 Å². The molecule has 2 nitrogen and oxygen atoms in total. The van der Waals surface area contributed by atoms with Gasteiger partial charge in [0.2, 0.25) is 5.91 Å². The minimum atomic E-state index is -0.263. The molecule has 0 aliphatic heterocycles. The Bertz CT molecular complexity index is 368. The first-order chi connectivity index (χ1) is 7.19. The van der Waals surface area contributed by atoms with E-state index in [0.29, 0.717) is 11.6 Å². The van der Waals surface area contributed by atoms with Crippen molar-refractivity contribution < 1.29 is 4.79 Å². The van der Waals surface area contributed by atoms with Gasteiger partial charge in [-0.1, -0.05) is 23.7 Å². The van der Waals surface area contributed by atoms with Gasteiger partial charge in [-0.05, 0) is 37.5 Å². The largest absolute Gasteiger partial charge is 0.356 e. The average molecular weight is 224 g/mol. The predicted octanol–water partition coefficient (Wildman–Crippen LogP) is 2.51. The summed E-state index contributed by atoms with van der Waals surface area (Å²) >= 11 is 5.82. The SMILES string of the molecule is CCNC(=O)C1(c2ccc(Cl)cc2)CC1. The molecule has 1 fully saturated rings. The molecule has 0 radical (unpaired) electrons. The molecule has 1 amide bonds. The van der Waals surface area contributed by atoms with Crippen molar-refractivity contribution in [1.82, 2.24) is 5.32 Å². The fraction of sp³-hybridized carbons (Fsp3) is 0.417. The molecule has 1 aliphatic rings. The number of hydrogen-bond donors (Lipinski definition) is 1. The van der Waals surface area contributed by atoms with Crippen LogP contribution in [0.4, 0.5) is 0 Å². The number of nitrogens with one attached hydrogen (secondary N) is 1. The van der Waals surface area contributed by atoms with Gasteiger partial charge < -0.3 is 5.32 Å². The smallest absolute Gasteiger partial charge is 0.230 e. The van der Waals surface area contributed by atoms with Crippen molar-refractivity contribution in [3.8, 4) is 0 Å². The predicted molar refractivity (Wildman–Crippen MR) is 61.0 cm³/mol. The summed E-state index contributed by atoms with van der Waals surface area (Å²) in [6.45, 7) is 2.63. The molecule has 0 unspecified atom stereocenters. The van der Waals surface area contributed by atoms with E-state index >= 15 is 0 Å². The third-order valence-corrected chi connectivity index (χ3v) is 3.17. The molecule has 80 valence electrons. The van der Waals surface area contributed by atoms with Gasteiger partial charge in [-0.15, -0.1) is 0 Å². The number of carbonyl (C=O) groups excluding carboxylic acids is 1. The second-order valence-corrected chi connectivity index (χ2v) is 4.38. The molecular weight excluding hydrogens is 210 g/mol. The number of halogens is 1. The first-order valence-corrected chi connectivity index (χ1v) is 5.61. The standard InChI is InChI=1S/C12H14ClNO/c1-2-14-11(15)12(7-8-12)9-3-5-10(13)6-4-9/h3-6H,2,7-8H2,1H3,(H,14,15). The van der Waals surface area contributed by atoms with E-state index in [2.05, 4.69) is 5.32 Å². The van der Waals surface area contributed by atoms with E-state index in [-0.39, 0.29) is 11.3 Å². The molecule has 0 atom stereocenters. The Morgan fingerprint density at radius 2 is 2.00 bits per heavy atom. The number of likely N-dealkylation sites (N-methyl/N-ethyl adjacent to an activating group) is 1. The molecule has 0 saturated heterocycles. The zero-order valence-electron chi connectivity index (χ0n) is 8.72. The van der Waals surface area contributed by atoms with Crippen molar-refractivity contribution in [3.05, 3.63) is 34.9 Å². The lowest BCUT2D eigenvalue weighted by atomic mass is 9.95. The van der Waals surface area contributed by atoms with Crippen molar-refractivity contribution in [3.63, 3.8) is 0 Å². The molecule has 1 saturated carbocycles. The van der Waals surface area contributed by atoms with Gasteiger partial charge in [0.15, 0.2) is 0 Å². The Labute approximate surface area is 94.6 Å². The average Bonchev–Trinajstić information content (AvgIpc) is 3.00. The van der Waals surface area contributed by atoms with Crippen LogP contribution < -0.4 is 5.32 Å². The molecule has 0 heterocycles. The molecule has 1 aromatic rings. The van der Waals surface area contributed by atoms with Crippen molar-refractivity contribution in [2.75, 3.05) is 6.54 Å². The lowest BCUT2D eigenvalue weighted by Crippen LogP contribution is -2.34. The zero-order chi connectivity index (χ0) is 10.9. The maximum atomic E-state index is 11.9. The van der Waals surface area contributed by atoms with Crippen LogP contribution >= 0.6 is 11.6 Å². The van der Waals surface area contributed by atoms with Gasteiger partial charge in [0.25, 0.3) is 0 Å². The third kappa shape index (κ3) is 1.86. The second-order valence-electron chi connectivity index (χ2n) is 3.95. The summed E-state index contributed by atoms with van der Waals surface area (Å²) in [5.41, 5.74) is 0.818. The zero-order valence-corrected chi connectivity index (χ0v) is 9.47. The molecule has 0 bridgehead atoms. The number of carbonyl (C=O) groups is 1. The van der Waals surface area contributed by atoms with Crippen LogP contribution in [0.5, 0.6) is 0 Å². The van der Waals surface area contributed by atoms with Gasteiger partial charge in [-0.2, -0.15) is 0 Å². The maximum Gasteiger partial charge on any atom is 0.230 e. The molecule has 0 aromatic heterocycles. The molecule has 15 heavy (non-hydrogen) atoms. The molecule has 3 heteroatoms.